The largest absolute Gasteiger partial charge is 0.455 e. The Morgan fingerprint density at radius 3 is 2.25 bits per heavy atom. The number of para-hydroxylation sites is 1. The van der Waals surface area contributed by atoms with Crippen LogP contribution in [0.4, 0.5) is 0 Å². The second-order valence-corrected chi connectivity index (χ2v) is 12.6. The SMILES string of the molecule is [2H]C([2H])([2H])c1ccc(-c2[c-]cc3c(c2)c2cc(-c4ccccc4)cc4c5c6oc7ccccc7c6ccc5n3c24)nc1.[Ir].[c-]1ccccc1-c1ccccn1. The van der Waals surface area contributed by atoms with Gasteiger partial charge in [-0.25, -0.2) is 0 Å². The van der Waals surface area contributed by atoms with Crippen LogP contribution in [0.1, 0.15) is 9.68 Å². The monoisotopic (exact) mass is 847 g/mol. The number of aromatic nitrogens is 3. The van der Waals surface area contributed by atoms with Crippen molar-refractivity contribution in [3.63, 3.8) is 0 Å². The number of hydrogen-bond donors (Lipinski definition) is 0. The molecule has 0 aliphatic rings. The van der Waals surface area contributed by atoms with Crippen LogP contribution in [-0.4, -0.2) is 14.4 Å². The van der Waals surface area contributed by atoms with E-state index in [9.17, 15) is 0 Å². The summed E-state index contributed by atoms with van der Waals surface area (Å²) in [5, 5.41) is 6.70. The van der Waals surface area contributed by atoms with Gasteiger partial charge in [0.05, 0.1) is 10.9 Å². The van der Waals surface area contributed by atoms with Crippen LogP contribution in [0.3, 0.4) is 0 Å². The number of nitrogens with zero attached hydrogens (tertiary/aromatic N) is 3. The zero-order chi connectivity index (χ0) is 36.4. The molecule has 5 aromatic heterocycles. The topological polar surface area (TPSA) is 43.3 Å². The minimum atomic E-state index is -2.19. The van der Waals surface area contributed by atoms with Crippen LogP contribution >= 0.6 is 0 Å². The summed E-state index contributed by atoms with van der Waals surface area (Å²) in [6.07, 6.45) is 3.23. The molecule has 0 bridgehead atoms. The van der Waals surface area contributed by atoms with Crippen LogP contribution in [0.15, 0.2) is 162 Å². The van der Waals surface area contributed by atoms with E-state index >= 15 is 0 Å². The average molecular weight is 847 g/mol. The smallest absolute Gasteiger partial charge is 0.145 e. The summed E-state index contributed by atoms with van der Waals surface area (Å²) in [7, 11) is 0. The summed E-state index contributed by atoms with van der Waals surface area (Å²) in [4.78, 5) is 8.70. The fourth-order valence-electron chi connectivity index (χ4n) is 7.32. The van der Waals surface area contributed by atoms with E-state index in [0.717, 1.165) is 88.0 Å². The van der Waals surface area contributed by atoms with Crippen LogP contribution in [-0.2, 0) is 20.1 Å². The van der Waals surface area contributed by atoms with E-state index in [1.165, 1.54) is 6.20 Å². The van der Waals surface area contributed by atoms with Gasteiger partial charge in [0, 0.05) is 58.3 Å². The van der Waals surface area contributed by atoms with E-state index in [2.05, 4.69) is 93.2 Å². The van der Waals surface area contributed by atoms with Gasteiger partial charge < -0.3 is 18.8 Å². The van der Waals surface area contributed by atoms with Gasteiger partial charge in [-0.1, -0.05) is 78.2 Å². The maximum Gasteiger partial charge on any atom is 0.145 e. The van der Waals surface area contributed by atoms with Crippen molar-refractivity contribution in [2.75, 3.05) is 0 Å². The first-order valence-corrected chi connectivity index (χ1v) is 16.8. The molecular formula is C47H29IrN3O-2. The Labute approximate surface area is 317 Å². The minimum absolute atomic E-state index is 0. The predicted octanol–water partition coefficient (Wildman–Crippen LogP) is 12.1. The quantitative estimate of drug-likeness (QED) is 0.166. The molecule has 0 fully saturated rings. The summed E-state index contributed by atoms with van der Waals surface area (Å²) in [5.74, 6) is 0. The maximum absolute atomic E-state index is 7.68. The van der Waals surface area contributed by atoms with Gasteiger partial charge in [-0.3, -0.25) is 0 Å². The third kappa shape index (κ3) is 5.17. The first-order valence-electron chi connectivity index (χ1n) is 18.3. The Morgan fingerprint density at radius 2 is 1.44 bits per heavy atom. The van der Waals surface area contributed by atoms with E-state index < -0.39 is 6.85 Å². The number of rotatable bonds is 3. The molecule has 0 N–H and O–H groups in total. The average Bonchev–Trinajstić information content (AvgIpc) is 3.88. The molecule has 0 atom stereocenters. The molecule has 5 heterocycles. The van der Waals surface area contributed by atoms with Gasteiger partial charge in [0.2, 0.25) is 0 Å². The van der Waals surface area contributed by atoms with E-state index in [0.29, 0.717) is 5.69 Å². The second kappa shape index (κ2) is 12.9. The molecule has 6 aromatic carbocycles. The molecule has 0 aliphatic heterocycles. The van der Waals surface area contributed by atoms with Crippen molar-refractivity contribution >= 4 is 60.0 Å². The molecule has 52 heavy (non-hydrogen) atoms. The molecule has 0 spiro atoms. The Hall–Kier alpha value is -6.13. The Bertz CT molecular complexity index is 3090. The summed E-state index contributed by atoms with van der Waals surface area (Å²) < 4.78 is 31.9. The second-order valence-electron chi connectivity index (χ2n) is 12.6. The van der Waals surface area contributed by atoms with Crippen LogP contribution in [0, 0.1) is 19.0 Å². The fraction of sp³-hybridized carbons (Fsp3) is 0.0213. The van der Waals surface area contributed by atoms with Gasteiger partial charge in [0.1, 0.15) is 11.2 Å². The van der Waals surface area contributed by atoms with Crippen molar-refractivity contribution in [2.24, 2.45) is 0 Å². The number of aryl methyl sites for hydroxylation is 1. The molecule has 1 radical (unpaired) electrons. The number of pyridine rings is 2. The molecule has 11 aromatic rings. The zero-order valence-corrected chi connectivity index (χ0v) is 30.0. The third-order valence-electron chi connectivity index (χ3n) is 9.63. The van der Waals surface area contributed by atoms with Crippen molar-refractivity contribution in [3.05, 3.63) is 176 Å². The van der Waals surface area contributed by atoms with Gasteiger partial charge in [-0.05, 0) is 82.2 Å². The Morgan fingerprint density at radius 1 is 0.615 bits per heavy atom. The summed E-state index contributed by atoms with van der Waals surface area (Å²) >= 11 is 0. The summed E-state index contributed by atoms with van der Waals surface area (Å²) in [5.41, 5.74) is 11.1. The summed E-state index contributed by atoms with van der Waals surface area (Å²) in [6.45, 7) is -2.19. The number of furan rings is 1. The van der Waals surface area contributed by atoms with Crippen molar-refractivity contribution in [1.82, 2.24) is 14.4 Å². The fourth-order valence-corrected chi connectivity index (χ4v) is 7.32. The van der Waals surface area contributed by atoms with Gasteiger partial charge in [-0.15, -0.1) is 59.7 Å². The Kier molecular flexibility index (Phi) is 7.07. The minimum Gasteiger partial charge on any atom is -0.455 e. The maximum atomic E-state index is 7.68. The van der Waals surface area contributed by atoms with E-state index in [4.69, 9.17) is 8.53 Å². The van der Waals surface area contributed by atoms with Crippen molar-refractivity contribution < 1.29 is 28.6 Å². The van der Waals surface area contributed by atoms with Crippen LogP contribution < -0.4 is 0 Å². The predicted molar refractivity (Wildman–Crippen MR) is 209 cm³/mol. The van der Waals surface area contributed by atoms with Crippen LogP contribution in [0.25, 0.3) is 93.7 Å². The van der Waals surface area contributed by atoms with E-state index in [1.54, 1.807) is 18.3 Å². The first kappa shape index (κ1) is 28.6. The van der Waals surface area contributed by atoms with Gasteiger partial charge in [0.15, 0.2) is 0 Å². The number of fused-ring (bicyclic) bond motifs is 10. The van der Waals surface area contributed by atoms with Crippen LogP contribution in [0.5, 0.6) is 0 Å². The Balaban J connectivity index is 0.000000261. The summed E-state index contributed by atoms with van der Waals surface area (Å²) in [6, 6.07) is 55.3. The molecule has 0 saturated carbocycles. The van der Waals surface area contributed by atoms with Gasteiger partial charge >= 0.3 is 0 Å². The molecule has 0 aliphatic carbocycles. The molecule has 0 saturated heterocycles. The molecular weight excluding hydrogens is 815 g/mol. The molecule has 5 heteroatoms. The first-order chi connectivity index (χ1) is 26.4. The molecule has 0 amide bonds. The van der Waals surface area contributed by atoms with Crippen molar-refractivity contribution in [2.45, 2.75) is 6.85 Å². The number of benzene rings is 6. The molecule has 0 unspecified atom stereocenters. The van der Waals surface area contributed by atoms with E-state index in [1.807, 2.05) is 66.7 Å². The standard InChI is InChI=1S/C36H21N2O.C11H8N.Ir/c1-21-11-14-30(37-20-21)23-12-15-31-27(17-23)28-18-24(22-7-3-2-4-8-22)19-29-34-32(38(31)35(28)29)16-13-26-25-9-5-6-10-33(25)39-36(26)34;1-2-6-10(7-3-1)11-8-4-5-9-12-11;/h2-11,13-20H,1H3;1-6,8-9H;/q2*-1;/i1D3;;. The third-order valence-corrected chi connectivity index (χ3v) is 9.63. The molecule has 249 valence electrons. The molecule has 4 nitrogen and oxygen atoms in total. The van der Waals surface area contributed by atoms with Gasteiger partial charge in [-0.2, -0.15) is 0 Å². The van der Waals surface area contributed by atoms with E-state index in [-0.39, 0.29) is 25.7 Å². The van der Waals surface area contributed by atoms with Crippen molar-refractivity contribution in [3.8, 4) is 33.6 Å². The van der Waals surface area contributed by atoms with Crippen LogP contribution in [0.2, 0.25) is 0 Å². The van der Waals surface area contributed by atoms with Gasteiger partial charge in [0.25, 0.3) is 0 Å². The number of hydrogen-bond acceptors (Lipinski definition) is 3. The molecule has 11 rings (SSSR count). The van der Waals surface area contributed by atoms with Crippen molar-refractivity contribution in [1.29, 1.82) is 0 Å². The normalized spacial score (nSPS) is 12.5. The zero-order valence-electron chi connectivity index (χ0n) is 30.6.